The minimum atomic E-state index is -0.136. The average Bonchev–Trinajstić information content (AvgIpc) is 3.14. The molecule has 0 N–H and O–H groups in total. The lowest BCUT2D eigenvalue weighted by atomic mass is 9.83. The first kappa shape index (κ1) is 17.2. The van der Waals surface area contributed by atoms with E-state index in [0.717, 1.165) is 21.9 Å². The van der Waals surface area contributed by atoms with Crippen molar-refractivity contribution in [3.05, 3.63) is 112 Å². The van der Waals surface area contributed by atoms with Gasteiger partial charge in [0.2, 0.25) is 0 Å². The molecule has 0 saturated carbocycles. The summed E-state index contributed by atoms with van der Waals surface area (Å²) in [5.41, 5.74) is 4.05. The van der Waals surface area contributed by atoms with Crippen molar-refractivity contribution in [2.45, 2.75) is 0 Å². The number of hydrogen-bond donors (Lipinski definition) is 0. The Bertz CT molecular complexity index is 1540. The quantitative estimate of drug-likeness (QED) is 0.326. The predicted molar refractivity (Wildman–Crippen MR) is 119 cm³/mol. The fourth-order valence-electron chi connectivity index (χ4n) is 4.53. The highest BCUT2D eigenvalue weighted by molar-refractivity contribution is 6.34. The summed E-state index contributed by atoms with van der Waals surface area (Å²) in [5, 5.41) is 2.53. The van der Waals surface area contributed by atoms with Gasteiger partial charge in [0, 0.05) is 33.3 Å². The molecule has 3 aromatic carbocycles. The summed E-state index contributed by atoms with van der Waals surface area (Å²) < 4.78 is 1.96. The molecule has 2 heterocycles. The Morgan fingerprint density at radius 3 is 2.17 bits per heavy atom. The van der Waals surface area contributed by atoms with Crippen LogP contribution in [0.4, 0.5) is 0 Å². The largest absolute Gasteiger partial charge is 0.314 e. The van der Waals surface area contributed by atoms with E-state index in [1.165, 1.54) is 0 Å². The minimum absolute atomic E-state index is 0.123. The van der Waals surface area contributed by atoms with Crippen LogP contribution in [0.15, 0.2) is 85.1 Å². The fraction of sp³-hybridized carbons (Fsp3) is 0. The highest BCUT2D eigenvalue weighted by Crippen LogP contribution is 2.41. The lowest BCUT2D eigenvalue weighted by Gasteiger charge is -2.15. The number of fused-ring (bicyclic) bond motifs is 6. The summed E-state index contributed by atoms with van der Waals surface area (Å²) in [5.74, 6) is -0.259. The molecule has 0 spiro atoms. The summed E-state index contributed by atoms with van der Waals surface area (Å²) >= 11 is 6.28. The molecule has 0 bridgehead atoms. The molecule has 4 heteroatoms. The Hall–Kier alpha value is -3.69. The number of hydrogen-bond acceptors (Lipinski definition) is 2. The highest BCUT2D eigenvalue weighted by atomic mass is 35.5. The van der Waals surface area contributed by atoms with E-state index in [0.29, 0.717) is 33.0 Å². The van der Waals surface area contributed by atoms with Gasteiger partial charge >= 0.3 is 0 Å². The van der Waals surface area contributed by atoms with Gasteiger partial charge in [-0.05, 0) is 23.6 Å². The van der Waals surface area contributed by atoms with Gasteiger partial charge < -0.3 is 4.40 Å². The molecular formula is C26H14ClNO2. The molecule has 2 aromatic heterocycles. The molecule has 6 rings (SSSR count). The van der Waals surface area contributed by atoms with Gasteiger partial charge in [0.05, 0.1) is 22.3 Å². The van der Waals surface area contributed by atoms with Gasteiger partial charge in [0.25, 0.3) is 0 Å². The molecule has 0 amide bonds. The number of halogens is 1. The van der Waals surface area contributed by atoms with E-state index in [1.54, 1.807) is 30.3 Å². The maximum atomic E-state index is 13.6. The third kappa shape index (κ3) is 2.21. The predicted octanol–water partition coefficient (Wildman–Crippen LogP) is 6.19. The van der Waals surface area contributed by atoms with Crippen molar-refractivity contribution in [2.24, 2.45) is 0 Å². The lowest BCUT2D eigenvalue weighted by molar-refractivity contribution is 0.0981. The Labute approximate surface area is 177 Å². The Balaban J connectivity index is 1.85. The fourth-order valence-corrected chi connectivity index (χ4v) is 4.72. The highest BCUT2D eigenvalue weighted by Gasteiger charge is 2.36. The van der Waals surface area contributed by atoms with E-state index in [1.807, 2.05) is 59.1 Å². The van der Waals surface area contributed by atoms with Crippen LogP contribution in [-0.2, 0) is 0 Å². The van der Waals surface area contributed by atoms with Crippen molar-refractivity contribution < 1.29 is 9.59 Å². The van der Waals surface area contributed by atoms with Gasteiger partial charge in [-0.1, -0.05) is 72.3 Å². The van der Waals surface area contributed by atoms with Gasteiger partial charge in [-0.15, -0.1) is 0 Å². The molecule has 0 saturated heterocycles. The molecule has 1 aliphatic carbocycles. The molecule has 0 atom stereocenters. The summed E-state index contributed by atoms with van der Waals surface area (Å²) in [6.07, 6.45) is 1.93. The number of ketones is 2. The molecular weight excluding hydrogens is 394 g/mol. The van der Waals surface area contributed by atoms with Gasteiger partial charge in [-0.3, -0.25) is 9.59 Å². The summed E-state index contributed by atoms with van der Waals surface area (Å²) in [4.78, 5) is 27.3. The maximum absolute atomic E-state index is 13.6. The first-order valence-electron chi connectivity index (χ1n) is 9.65. The molecule has 3 nitrogen and oxygen atoms in total. The van der Waals surface area contributed by atoms with Crippen LogP contribution in [0.2, 0.25) is 5.02 Å². The number of pyridine rings is 1. The average molecular weight is 408 g/mol. The van der Waals surface area contributed by atoms with Crippen molar-refractivity contribution in [3.8, 4) is 11.3 Å². The Kier molecular flexibility index (Phi) is 3.53. The number of carbonyl (C=O) groups is 2. The standard InChI is InChI=1S/C26H14ClNO2/c27-17-8-5-7-16(14-17)23-21-22(26(30)20-11-4-3-10-19(20)25(21)29)24-18-9-2-1-6-15(18)12-13-28(23)24/h1-14H. The minimum Gasteiger partial charge on any atom is -0.314 e. The SMILES string of the molecule is O=C1c2ccccc2C(=O)c2c1c(-c1cccc(Cl)c1)n1ccc3ccccc3c21. The van der Waals surface area contributed by atoms with Crippen molar-refractivity contribution in [2.75, 3.05) is 0 Å². The molecule has 0 aliphatic heterocycles. The molecule has 0 fully saturated rings. The molecule has 30 heavy (non-hydrogen) atoms. The topological polar surface area (TPSA) is 38.5 Å². The van der Waals surface area contributed by atoms with E-state index < -0.39 is 0 Å². The number of aromatic nitrogens is 1. The zero-order valence-electron chi connectivity index (χ0n) is 15.7. The van der Waals surface area contributed by atoms with Crippen molar-refractivity contribution in [3.63, 3.8) is 0 Å². The second-order valence-electron chi connectivity index (χ2n) is 7.43. The smallest absolute Gasteiger partial charge is 0.196 e. The first-order valence-corrected chi connectivity index (χ1v) is 10.0. The van der Waals surface area contributed by atoms with Crippen LogP contribution in [0, 0.1) is 0 Å². The van der Waals surface area contributed by atoms with Crippen LogP contribution < -0.4 is 0 Å². The summed E-state index contributed by atoms with van der Waals surface area (Å²) in [7, 11) is 0. The molecule has 0 unspecified atom stereocenters. The number of carbonyl (C=O) groups excluding carboxylic acids is 2. The maximum Gasteiger partial charge on any atom is 0.196 e. The zero-order valence-corrected chi connectivity index (χ0v) is 16.5. The normalized spacial score (nSPS) is 13.0. The summed E-state index contributed by atoms with van der Waals surface area (Å²) in [6.45, 7) is 0. The van der Waals surface area contributed by atoms with Gasteiger partial charge in [-0.2, -0.15) is 0 Å². The van der Waals surface area contributed by atoms with Crippen molar-refractivity contribution in [1.29, 1.82) is 0 Å². The van der Waals surface area contributed by atoms with Crippen LogP contribution >= 0.6 is 11.6 Å². The summed E-state index contributed by atoms with van der Waals surface area (Å²) in [6, 6.07) is 24.4. The second kappa shape index (κ2) is 6.15. The van der Waals surface area contributed by atoms with Gasteiger partial charge in [0.1, 0.15) is 0 Å². The molecule has 5 aromatic rings. The molecule has 0 radical (unpaired) electrons. The van der Waals surface area contributed by atoms with Gasteiger partial charge in [0.15, 0.2) is 11.6 Å². The van der Waals surface area contributed by atoms with E-state index in [-0.39, 0.29) is 11.6 Å². The Morgan fingerprint density at radius 1 is 0.700 bits per heavy atom. The van der Waals surface area contributed by atoms with Crippen molar-refractivity contribution in [1.82, 2.24) is 4.40 Å². The molecule has 1 aliphatic rings. The van der Waals surface area contributed by atoms with Crippen LogP contribution in [0.3, 0.4) is 0 Å². The van der Waals surface area contributed by atoms with Crippen LogP contribution in [0.5, 0.6) is 0 Å². The van der Waals surface area contributed by atoms with E-state index in [2.05, 4.69) is 0 Å². The van der Waals surface area contributed by atoms with E-state index in [4.69, 9.17) is 11.6 Å². The molecule has 142 valence electrons. The first-order chi connectivity index (χ1) is 14.6. The second-order valence-corrected chi connectivity index (χ2v) is 7.87. The Morgan fingerprint density at radius 2 is 1.40 bits per heavy atom. The van der Waals surface area contributed by atoms with Crippen LogP contribution in [-0.4, -0.2) is 16.0 Å². The monoisotopic (exact) mass is 407 g/mol. The van der Waals surface area contributed by atoms with E-state index >= 15 is 0 Å². The third-order valence-electron chi connectivity index (χ3n) is 5.79. The zero-order chi connectivity index (χ0) is 20.4. The van der Waals surface area contributed by atoms with Crippen molar-refractivity contribution >= 4 is 39.5 Å². The number of rotatable bonds is 1. The van der Waals surface area contributed by atoms with Gasteiger partial charge in [-0.25, -0.2) is 0 Å². The number of benzene rings is 3. The lowest BCUT2D eigenvalue weighted by Crippen LogP contribution is -2.19. The number of nitrogens with zero attached hydrogens (tertiary/aromatic N) is 1. The third-order valence-corrected chi connectivity index (χ3v) is 6.03. The van der Waals surface area contributed by atoms with Crippen LogP contribution in [0.25, 0.3) is 27.5 Å². The van der Waals surface area contributed by atoms with Crippen LogP contribution in [0.1, 0.15) is 31.8 Å². The van der Waals surface area contributed by atoms with E-state index in [9.17, 15) is 9.59 Å².